The Morgan fingerprint density at radius 2 is 0.776 bits per heavy atom. The fourth-order valence-corrected chi connectivity index (χ4v) is 7.81. The molecule has 0 atom stereocenters. The maximum atomic E-state index is 6.62. The summed E-state index contributed by atoms with van der Waals surface area (Å²) in [4.78, 5) is 0. The highest BCUT2D eigenvalue weighted by Gasteiger charge is 2.20. The average Bonchev–Trinajstić information content (AvgIpc) is 3.57. The number of benzene rings is 9. The van der Waals surface area contributed by atoms with Gasteiger partial charge in [-0.1, -0.05) is 170 Å². The first-order chi connectivity index (χ1) is 24.3. The second kappa shape index (κ2) is 11.1. The molecule has 228 valence electrons. The molecule has 0 bridgehead atoms. The van der Waals surface area contributed by atoms with E-state index in [2.05, 4.69) is 182 Å². The largest absolute Gasteiger partial charge is 0.455 e. The zero-order valence-electron chi connectivity index (χ0n) is 26.7. The maximum absolute atomic E-state index is 6.62. The summed E-state index contributed by atoms with van der Waals surface area (Å²) in [6.07, 6.45) is 0. The quantitative estimate of drug-likeness (QED) is 0.178. The van der Waals surface area contributed by atoms with Crippen molar-refractivity contribution in [2.45, 2.75) is 0 Å². The highest BCUT2D eigenvalue weighted by molar-refractivity contribution is 6.27. The lowest BCUT2D eigenvalue weighted by Crippen LogP contribution is -1.91. The van der Waals surface area contributed by atoms with Crippen LogP contribution in [0.25, 0.3) is 98.8 Å². The molecular weight excluding hydrogens is 593 g/mol. The first-order valence-corrected chi connectivity index (χ1v) is 16.8. The third kappa shape index (κ3) is 4.40. The van der Waals surface area contributed by atoms with Gasteiger partial charge >= 0.3 is 0 Å². The summed E-state index contributed by atoms with van der Waals surface area (Å²) < 4.78 is 6.62. The Labute approximate surface area is 284 Å². The van der Waals surface area contributed by atoms with E-state index in [1.54, 1.807) is 0 Å². The van der Waals surface area contributed by atoms with Gasteiger partial charge in [-0.2, -0.15) is 0 Å². The molecule has 9 aromatic carbocycles. The van der Waals surface area contributed by atoms with Crippen LogP contribution in [-0.2, 0) is 0 Å². The van der Waals surface area contributed by atoms with Gasteiger partial charge in [0.05, 0.1) is 0 Å². The Morgan fingerprint density at radius 3 is 1.39 bits per heavy atom. The summed E-state index contributed by atoms with van der Waals surface area (Å²) in [5.74, 6) is 0. The number of hydrogen-bond donors (Lipinski definition) is 0. The predicted octanol–water partition coefficient (Wildman–Crippen LogP) is 13.7. The van der Waals surface area contributed by atoms with E-state index in [4.69, 9.17) is 4.42 Å². The second-order valence-corrected chi connectivity index (χ2v) is 12.8. The van der Waals surface area contributed by atoms with Crippen LogP contribution in [0.15, 0.2) is 186 Å². The van der Waals surface area contributed by atoms with E-state index < -0.39 is 0 Å². The molecule has 0 aliphatic heterocycles. The second-order valence-electron chi connectivity index (χ2n) is 12.8. The van der Waals surface area contributed by atoms with E-state index >= 15 is 0 Å². The van der Waals surface area contributed by atoms with Crippen molar-refractivity contribution in [1.29, 1.82) is 0 Å². The van der Waals surface area contributed by atoms with Gasteiger partial charge in [-0.3, -0.25) is 0 Å². The molecule has 1 nitrogen and oxygen atoms in total. The van der Waals surface area contributed by atoms with Crippen LogP contribution in [0.1, 0.15) is 0 Å². The molecule has 10 rings (SSSR count). The third-order valence-electron chi connectivity index (χ3n) is 10.1. The number of rotatable bonds is 4. The minimum atomic E-state index is 0.911. The molecule has 1 heteroatoms. The maximum Gasteiger partial charge on any atom is 0.143 e. The van der Waals surface area contributed by atoms with Gasteiger partial charge in [-0.05, 0) is 83.6 Å². The predicted molar refractivity (Wildman–Crippen MR) is 208 cm³/mol. The molecule has 0 saturated carbocycles. The molecule has 0 spiro atoms. The van der Waals surface area contributed by atoms with Crippen LogP contribution in [0.3, 0.4) is 0 Å². The van der Waals surface area contributed by atoms with Crippen LogP contribution in [0.4, 0.5) is 0 Å². The van der Waals surface area contributed by atoms with Crippen LogP contribution >= 0.6 is 0 Å². The smallest absolute Gasteiger partial charge is 0.143 e. The van der Waals surface area contributed by atoms with Gasteiger partial charge in [0.15, 0.2) is 0 Å². The standard InChI is InChI=1S/C48H30O/c1-2-11-31(12-3-1)32-21-23-33(24-22-32)34-25-27-36(28-26-34)45-38-15-6-8-17-40(38)46(41-18-9-7-16-39(41)45)42-19-10-20-44-47(42)43-30-29-35-13-4-5-14-37(35)48(43)49-44/h1-30H. The van der Waals surface area contributed by atoms with Crippen molar-refractivity contribution < 1.29 is 4.42 Å². The van der Waals surface area contributed by atoms with Crippen LogP contribution in [-0.4, -0.2) is 0 Å². The van der Waals surface area contributed by atoms with Crippen LogP contribution < -0.4 is 0 Å². The lowest BCUT2D eigenvalue weighted by Gasteiger charge is -2.18. The minimum absolute atomic E-state index is 0.911. The first-order valence-electron chi connectivity index (χ1n) is 16.8. The lowest BCUT2D eigenvalue weighted by molar-refractivity contribution is 0.673. The van der Waals surface area contributed by atoms with Gasteiger partial charge in [-0.15, -0.1) is 0 Å². The summed E-state index contributed by atoms with van der Waals surface area (Å²) in [5, 5.41) is 9.59. The minimum Gasteiger partial charge on any atom is -0.455 e. The van der Waals surface area contributed by atoms with Crippen LogP contribution in [0.5, 0.6) is 0 Å². The molecule has 0 aliphatic carbocycles. The lowest BCUT2D eigenvalue weighted by atomic mass is 9.84. The average molecular weight is 623 g/mol. The summed E-state index contributed by atoms with van der Waals surface area (Å²) in [5.41, 5.74) is 11.6. The highest BCUT2D eigenvalue weighted by Crippen LogP contribution is 2.47. The van der Waals surface area contributed by atoms with E-state index in [1.165, 1.54) is 71.4 Å². The van der Waals surface area contributed by atoms with Crippen molar-refractivity contribution in [3.05, 3.63) is 182 Å². The zero-order chi connectivity index (χ0) is 32.3. The van der Waals surface area contributed by atoms with Crippen molar-refractivity contribution in [2.75, 3.05) is 0 Å². The fourth-order valence-electron chi connectivity index (χ4n) is 7.81. The van der Waals surface area contributed by atoms with Gasteiger partial charge in [0.1, 0.15) is 11.2 Å². The Balaban J connectivity index is 1.16. The van der Waals surface area contributed by atoms with Crippen molar-refractivity contribution >= 4 is 54.3 Å². The summed E-state index contributed by atoms with van der Waals surface area (Å²) in [7, 11) is 0. The Bertz CT molecular complexity index is 2780. The van der Waals surface area contributed by atoms with E-state index in [0.717, 1.165) is 27.3 Å². The molecule has 0 aliphatic rings. The van der Waals surface area contributed by atoms with Gasteiger partial charge in [0, 0.05) is 16.2 Å². The topological polar surface area (TPSA) is 13.1 Å². The van der Waals surface area contributed by atoms with Gasteiger partial charge < -0.3 is 4.42 Å². The monoisotopic (exact) mass is 622 g/mol. The zero-order valence-corrected chi connectivity index (χ0v) is 26.7. The molecular formula is C48H30O. The van der Waals surface area contributed by atoms with Crippen molar-refractivity contribution in [1.82, 2.24) is 0 Å². The molecule has 0 saturated heterocycles. The molecule has 0 amide bonds. The summed E-state index contributed by atoms with van der Waals surface area (Å²) >= 11 is 0. The van der Waals surface area contributed by atoms with Crippen LogP contribution in [0.2, 0.25) is 0 Å². The number of hydrogen-bond acceptors (Lipinski definition) is 1. The molecule has 0 radical (unpaired) electrons. The van der Waals surface area contributed by atoms with E-state index in [1.807, 2.05) is 0 Å². The van der Waals surface area contributed by atoms with Crippen molar-refractivity contribution in [2.24, 2.45) is 0 Å². The SMILES string of the molecule is c1ccc(-c2ccc(-c3ccc(-c4c5ccccc5c(-c5cccc6oc7c8ccccc8ccc7c56)c5ccccc45)cc3)cc2)cc1. The van der Waals surface area contributed by atoms with E-state index in [-0.39, 0.29) is 0 Å². The molecule has 10 aromatic rings. The molecule has 49 heavy (non-hydrogen) atoms. The summed E-state index contributed by atoms with van der Waals surface area (Å²) in [6, 6.07) is 65.6. The van der Waals surface area contributed by atoms with Crippen molar-refractivity contribution in [3.63, 3.8) is 0 Å². The van der Waals surface area contributed by atoms with Crippen molar-refractivity contribution in [3.8, 4) is 44.5 Å². The van der Waals surface area contributed by atoms with Gasteiger partial charge in [0.2, 0.25) is 0 Å². The normalized spacial score (nSPS) is 11.7. The highest BCUT2D eigenvalue weighted by atomic mass is 16.3. The molecule has 1 aromatic heterocycles. The van der Waals surface area contributed by atoms with E-state index in [0.29, 0.717) is 0 Å². The fraction of sp³-hybridized carbons (Fsp3) is 0. The van der Waals surface area contributed by atoms with E-state index in [9.17, 15) is 0 Å². The Kier molecular flexibility index (Phi) is 6.25. The van der Waals surface area contributed by atoms with Gasteiger partial charge in [-0.25, -0.2) is 0 Å². The van der Waals surface area contributed by atoms with Gasteiger partial charge in [0.25, 0.3) is 0 Å². The Morgan fingerprint density at radius 1 is 0.286 bits per heavy atom. The Hall–Kier alpha value is -6.44. The van der Waals surface area contributed by atoms with Crippen LogP contribution in [0, 0.1) is 0 Å². The third-order valence-corrected chi connectivity index (χ3v) is 10.1. The molecule has 1 heterocycles. The first kappa shape index (κ1) is 27.7. The number of fused-ring (bicyclic) bond motifs is 7. The molecule has 0 fully saturated rings. The molecule has 0 unspecified atom stereocenters. The molecule has 0 N–H and O–H groups in total. The number of furan rings is 1. The summed E-state index contributed by atoms with van der Waals surface area (Å²) in [6.45, 7) is 0.